The number of hydrogen-bond donors (Lipinski definition) is 0. The van der Waals surface area contributed by atoms with Crippen LogP contribution in [0.5, 0.6) is 0 Å². The Balaban J connectivity index is 1.17. The van der Waals surface area contributed by atoms with Gasteiger partial charge in [0.05, 0.1) is 0 Å². The number of fused-ring (bicyclic) bond motifs is 22. The summed E-state index contributed by atoms with van der Waals surface area (Å²) in [6.45, 7) is -0.0359. The summed E-state index contributed by atoms with van der Waals surface area (Å²) in [7, 11) is -3.36. The summed E-state index contributed by atoms with van der Waals surface area (Å²) in [6, 6.07) is 92.4. The van der Waals surface area contributed by atoms with Crippen LogP contribution in [0.2, 0.25) is 0 Å². The molecule has 0 aliphatic carbocycles. The van der Waals surface area contributed by atoms with Gasteiger partial charge in [-0.2, -0.15) is 0 Å². The van der Waals surface area contributed by atoms with E-state index in [0.717, 1.165) is 0 Å². The SMILES string of the molecule is c1ccc([Si](c2ccccc2)(c2cccc3c2N2B(c4ccccc4-c4ccccc42)c2ccccc2-3)c2cccc3c2N2B(c4ccccc4-c4ccccc42)c2ccccc2-3)cc1. The molecular formula is C60H40B2N2Si. The normalized spacial score (nSPS) is 13.4. The Bertz CT molecular complexity index is 3320. The third-order valence-corrected chi connectivity index (χ3v) is 19.6. The lowest BCUT2D eigenvalue weighted by Gasteiger charge is -2.49. The Morgan fingerprint density at radius 1 is 0.246 bits per heavy atom. The van der Waals surface area contributed by atoms with E-state index in [4.69, 9.17) is 0 Å². The van der Waals surface area contributed by atoms with Gasteiger partial charge in [-0.15, -0.1) is 0 Å². The fraction of sp³-hybridized carbons (Fsp3) is 0. The van der Waals surface area contributed by atoms with Gasteiger partial charge >= 0.3 is 13.7 Å². The molecule has 2 nitrogen and oxygen atoms in total. The van der Waals surface area contributed by atoms with Gasteiger partial charge in [0.15, 0.2) is 8.07 Å². The highest BCUT2D eigenvalue weighted by Crippen LogP contribution is 2.48. The van der Waals surface area contributed by atoms with E-state index in [2.05, 4.69) is 252 Å². The predicted octanol–water partition coefficient (Wildman–Crippen LogP) is 8.87. The maximum atomic E-state index is 2.73. The first-order chi connectivity index (χ1) is 32.3. The lowest BCUT2D eigenvalue weighted by atomic mass is 9.43. The molecule has 14 rings (SSSR count). The van der Waals surface area contributed by atoms with Gasteiger partial charge in [-0.25, -0.2) is 0 Å². The van der Waals surface area contributed by atoms with Gasteiger partial charge in [0.1, 0.15) is 0 Å². The molecule has 10 aromatic rings. The molecule has 0 N–H and O–H groups in total. The summed E-state index contributed by atoms with van der Waals surface area (Å²) in [5.74, 6) is 0. The molecule has 0 saturated carbocycles. The first kappa shape index (κ1) is 36.6. The van der Waals surface area contributed by atoms with Crippen LogP contribution >= 0.6 is 0 Å². The third kappa shape index (κ3) is 4.96. The van der Waals surface area contributed by atoms with E-state index in [1.165, 1.54) is 110 Å². The van der Waals surface area contributed by atoms with Gasteiger partial charge in [0.2, 0.25) is 0 Å². The molecule has 0 spiro atoms. The van der Waals surface area contributed by atoms with Crippen molar-refractivity contribution in [3.63, 3.8) is 0 Å². The summed E-state index contributed by atoms with van der Waals surface area (Å²) in [6.07, 6.45) is 0. The van der Waals surface area contributed by atoms with Gasteiger partial charge in [-0.05, 0) is 77.0 Å². The minimum atomic E-state index is -3.36. The Labute approximate surface area is 382 Å². The van der Waals surface area contributed by atoms with Gasteiger partial charge < -0.3 is 9.62 Å². The van der Waals surface area contributed by atoms with Crippen molar-refractivity contribution < 1.29 is 0 Å². The van der Waals surface area contributed by atoms with Gasteiger partial charge in [0, 0.05) is 45.0 Å². The first-order valence-corrected chi connectivity index (χ1v) is 24.8. The highest BCUT2D eigenvalue weighted by Gasteiger charge is 2.52. The van der Waals surface area contributed by atoms with E-state index in [1.54, 1.807) is 0 Å². The summed E-state index contributed by atoms with van der Waals surface area (Å²) < 4.78 is 0. The highest BCUT2D eigenvalue weighted by molar-refractivity contribution is 7.21. The zero-order valence-electron chi connectivity index (χ0n) is 35.6. The highest BCUT2D eigenvalue weighted by atomic mass is 28.3. The van der Waals surface area contributed by atoms with Crippen LogP contribution in [0.3, 0.4) is 0 Å². The minimum absolute atomic E-state index is 0.0179. The van der Waals surface area contributed by atoms with E-state index >= 15 is 0 Å². The summed E-state index contributed by atoms with van der Waals surface area (Å²) >= 11 is 0. The van der Waals surface area contributed by atoms with Crippen molar-refractivity contribution in [2.24, 2.45) is 0 Å². The Hall–Kier alpha value is -7.85. The molecule has 300 valence electrons. The van der Waals surface area contributed by atoms with Crippen molar-refractivity contribution >= 4 is 87.1 Å². The third-order valence-electron chi connectivity index (χ3n) is 14.8. The molecule has 0 aromatic heterocycles. The molecule has 4 aliphatic rings. The van der Waals surface area contributed by atoms with Crippen LogP contribution in [0.25, 0.3) is 44.5 Å². The molecule has 65 heavy (non-hydrogen) atoms. The van der Waals surface area contributed by atoms with Crippen LogP contribution in [0.1, 0.15) is 0 Å². The molecule has 0 amide bonds. The number of hydrogen-bond acceptors (Lipinski definition) is 2. The van der Waals surface area contributed by atoms with Crippen molar-refractivity contribution in [3.05, 3.63) is 243 Å². The molecule has 0 fully saturated rings. The summed E-state index contributed by atoms with van der Waals surface area (Å²) in [5, 5.41) is 5.48. The average Bonchev–Trinajstić information content (AvgIpc) is 3.39. The van der Waals surface area contributed by atoms with E-state index in [-0.39, 0.29) is 13.7 Å². The molecular weight excluding hydrogens is 798 g/mol. The number of benzene rings is 10. The second-order valence-corrected chi connectivity index (χ2v) is 21.5. The van der Waals surface area contributed by atoms with Gasteiger partial charge in [0.25, 0.3) is 0 Å². The maximum Gasteiger partial charge on any atom is 0.329 e. The second-order valence-electron chi connectivity index (χ2n) is 17.8. The first-order valence-electron chi connectivity index (χ1n) is 22.8. The standard InChI is InChI=1S/C60H40B2N2Si/c1-3-21-41(22-4-1)65(42-23-5-2-6-24-42,57-39-19-31-49-45-27-9-15-35-53(45)61-51-33-13-7-25-43(51)47-29-11-17-37-55(47)63(61)59(49)57)58-40-20-32-50-46-28-10-16-36-54(46)62-52-34-14-8-26-44(52)48-30-12-18-38-56(48)64(62)60(50)58/h1-40H. The molecule has 10 aromatic carbocycles. The molecule has 0 bridgehead atoms. The zero-order valence-corrected chi connectivity index (χ0v) is 36.6. The van der Waals surface area contributed by atoms with Crippen LogP contribution in [0.4, 0.5) is 22.7 Å². The smallest absolute Gasteiger partial charge is 0.329 e. The van der Waals surface area contributed by atoms with E-state index in [0.29, 0.717) is 0 Å². The number of rotatable bonds is 4. The Morgan fingerprint density at radius 2 is 0.538 bits per heavy atom. The van der Waals surface area contributed by atoms with Crippen LogP contribution in [0, 0.1) is 0 Å². The van der Waals surface area contributed by atoms with Crippen LogP contribution < -0.4 is 52.2 Å². The fourth-order valence-corrected chi connectivity index (χ4v) is 17.5. The molecule has 0 atom stereocenters. The Morgan fingerprint density at radius 3 is 0.923 bits per heavy atom. The molecule has 0 radical (unpaired) electrons. The molecule has 0 saturated heterocycles. The van der Waals surface area contributed by atoms with Crippen LogP contribution in [-0.4, -0.2) is 21.8 Å². The number of anilines is 4. The number of nitrogens with zero attached hydrogens (tertiary/aromatic N) is 2. The van der Waals surface area contributed by atoms with Crippen LogP contribution in [-0.2, 0) is 0 Å². The largest absolute Gasteiger partial charge is 0.376 e. The van der Waals surface area contributed by atoms with Crippen molar-refractivity contribution in [1.82, 2.24) is 0 Å². The maximum absolute atomic E-state index is 3.36. The molecule has 4 heterocycles. The molecule has 4 aliphatic heterocycles. The van der Waals surface area contributed by atoms with Gasteiger partial charge in [-0.1, -0.05) is 231 Å². The topological polar surface area (TPSA) is 6.48 Å². The molecule has 0 unspecified atom stereocenters. The quantitative estimate of drug-likeness (QED) is 0.129. The monoisotopic (exact) mass is 838 g/mol. The van der Waals surface area contributed by atoms with E-state index in [9.17, 15) is 0 Å². The molecule has 5 heteroatoms. The zero-order chi connectivity index (χ0) is 42.6. The Kier molecular flexibility index (Phi) is 7.93. The summed E-state index contributed by atoms with van der Waals surface area (Å²) in [5.41, 5.74) is 20.7. The predicted molar refractivity (Wildman–Crippen MR) is 279 cm³/mol. The minimum Gasteiger partial charge on any atom is -0.376 e. The van der Waals surface area contributed by atoms with Gasteiger partial charge in [-0.3, -0.25) is 0 Å². The average molecular weight is 839 g/mol. The lowest BCUT2D eigenvalue weighted by molar-refractivity contribution is 1.35. The van der Waals surface area contributed by atoms with E-state index < -0.39 is 8.07 Å². The number of para-hydroxylation sites is 4. The lowest BCUT2D eigenvalue weighted by Crippen LogP contribution is -2.77. The van der Waals surface area contributed by atoms with Crippen LogP contribution in [0.15, 0.2) is 243 Å². The van der Waals surface area contributed by atoms with Crippen molar-refractivity contribution in [2.75, 3.05) is 9.62 Å². The van der Waals surface area contributed by atoms with E-state index in [1.807, 2.05) is 0 Å². The van der Waals surface area contributed by atoms with Crippen molar-refractivity contribution in [3.8, 4) is 44.5 Å². The fourth-order valence-electron chi connectivity index (χ4n) is 12.4. The van der Waals surface area contributed by atoms with Crippen molar-refractivity contribution in [2.45, 2.75) is 0 Å². The summed E-state index contributed by atoms with van der Waals surface area (Å²) in [4.78, 5) is 5.47. The second kappa shape index (κ2) is 14.1. The van der Waals surface area contributed by atoms with Crippen molar-refractivity contribution in [1.29, 1.82) is 0 Å².